The SMILES string of the molecule is CC[C@H]1CN(C(C2=NNNN2CC)C2(C)CC[C@H](C)C[C@@H]2C)CCC1C. The van der Waals surface area contributed by atoms with E-state index in [1.807, 2.05) is 0 Å². The van der Waals surface area contributed by atoms with Crippen molar-refractivity contribution < 1.29 is 0 Å². The van der Waals surface area contributed by atoms with Crippen LogP contribution in [0.2, 0.25) is 0 Å². The first-order valence-corrected chi connectivity index (χ1v) is 11.0. The monoisotopic (exact) mass is 363 g/mol. The molecule has 2 fully saturated rings. The van der Waals surface area contributed by atoms with Crippen LogP contribution < -0.4 is 11.1 Å². The Kier molecular flexibility index (Phi) is 6.18. The number of amidine groups is 1. The third kappa shape index (κ3) is 3.62. The minimum atomic E-state index is 0.283. The Labute approximate surface area is 160 Å². The van der Waals surface area contributed by atoms with Gasteiger partial charge in [-0.05, 0) is 61.8 Å². The van der Waals surface area contributed by atoms with Crippen molar-refractivity contribution in [3.05, 3.63) is 0 Å². The summed E-state index contributed by atoms with van der Waals surface area (Å²) >= 11 is 0. The first kappa shape index (κ1) is 19.9. The molecule has 0 amide bonds. The molecular formula is C21H41N5. The van der Waals surface area contributed by atoms with E-state index in [1.54, 1.807) is 0 Å². The van der Waals surface area contributed by atoms with Gasteiger partial charge in [-0.2, -0.15) is 0 Å². The highest BCUT2D eigenvalue weighted by atomic mass is 15.8. The maximum atomic E-state index is 4.75. The summed E-state index contributed by atoms with van der Waals surface area (Å²) in [5.74, 6) is 4.44. The summed E-state index contributed by atoms with van der Waals surface area (Å²) in [5.41, 5.74) is 6.57. The van der Waals surface area contributed by atoms with Crippen molar-refractivity contribution in [3.8, 4) is 0 Å². The van der Waals surface area contributed by atoms with Gasteiger partial charge in [-0.15, -0.1) is 10.6 Å². The van der Waals surface area contributed by atoms with E-state index in [0.717, 1.165) is 30.2 Å². The van der Waals surface area contributed by atoms with Crippen molar-refractivity contribution in [2.45, 2.75) is 79.7 Å². The number of nitrogens with zero attached hydrogens (tertiary/aromatic N) is 3. The molecule has 2 aliphatic heterocycles. The van der Waals surface area contributed by atoms with Gasteiger partial charge in [0.2, 0.25) is 0 Å². The Morgan fingerprint density at radius 3 is 2.65 bits per heavy atom. The van der Waals surface area contributed by atoms with Gasteiger partial charge in [0.15, 0.2) is 5.84 Å². The van der Waals surface area contributed by atoms with E-state index >= 15 is 0 Å². The fourth-order valence-corrected chi connectivity index (χ4v) is 5.73. The molecule has 5 nitrogen and oxygen atoms in total. The average Bonchev–Trinajstić information content (AvgIpc) is 3.08. The Morgan fingerprint density at radius 2 is 2.00 bits per heavy atom. The van der Waals surface area contributed by atoms with Gasteiger partial charge in [0, 0.05) is 13.1 Å². The van der Waals surface area contributed by atoms with Crippen LogP contribution in [-0.4, -0.2) is 41.4 Å². The number of nitrogens with one attached hydrogen (secondary N) is 2. The van der Waals surface area contributed by atoms with Crippen molar-refractivity contribution in [3.63, 3.8) is 0 Å². The third-order valence-electron chi connectivity index (χ3n) is 7.91. The highest BCUT2D eigenvalue weighted by molar-refractivity contribution is 5.88. The van der Waals surface area contributed by atoms with Crippen LogP contribution in [0, 0.1) is 29.1 Å². The quantitative estimate of drug-likeness (QED) is 0.779. The molecule has 0 bridgehead atoms. The van der Waals surface area contributed by atoms with Gasteiger partial charge in [0.1, 0.15) is 0 Å². The molecule has 3 unspecified atom stereocenters. The molecule has 1 saturated heterocycles. The molecule has 0 radical (unpaired) electrons. The van der Waals surface area contributed by atoms with Crippen LogP contribution >= 0.6 is 0 Å². The standard InChI is InChI=1S/C21H41N5/c1-7-18-14-25(12-10-16(18)4)19(20-22-23-24-26(20)8-2)21(6)11-9-15(3)13-17(21)5/h15-19,23-24H,7-14H2,1-6H3/t15-,16?,17-,18-,19?,21?/m0/s1. The molecule has 3 rings (SSSR count). The summed E-state index contributed by atoms with van der Waals surface area (Å²) in [6, 6.07) is 0.397. The first-order valence-electron chi connectivity index (χ1n) is 11.0. The number of hydrazine groups is 2. The van der Waals surface area contributed by atoms with Gasteiger partial charge in [0.25, 0.3) is 0 Å². The van der Waals surface area contributed by atoms with Crippen LogP contribution in [0.15, 0.2) is 5.10 Å². The predicted octanol–water partition coefficient (Wildman–Crippen LogP) is 3.84. The van der Waals surface area contributed by atoms with E-state index in [4.69, 9.17) is 5.10 Å². The Morgan fingerprint density at radius 1 is 1.23 bits per heavy atom. The number of hydrogen-bond donors (Lipinski definition) is 2. The third-order valence-corrected chi connectivity index (χ3v) is 7.91. The van der Waals surface area contributed by atoms with Crippen LogP contribution in [0.3, 0.4) is 0 Å². The lowest BCUT2D eigenvalue weighted by molar-refractivity contribution is -0.00890. The Balaban J connectivity index is 1.92. The van der Waals surface area contributed by atoms with E-state index < -0.39 is 0 Å². The highest BCUT2D eigenvalue weighted by Gasteiger charge is 2.50. The second-order valence-corrected chi connectivity index (χ2v) is 9.56. The van der Waals surface area contributed by atoms with Gasteiger partial charge in [-0.25, -0.2) is 5.53 Å². The Hall–Kier alpha value is -0.810. The van der Waals surface area contributed by atoms with Crippen LogP contribution in [0.5, 0.6) is 0 Å². The summed E-state index contributed by atoms with van der Waals surface area (Å²) in [4.78, 5) is 2.79. The lowest BCUT2D eigenvalue weighted by Gasteiger charge is -2.53. The van der Waals surface area contributed by atoms with Crippen molar-refractivity contribution in [2.24, 2.45) is 34.2 Å². The predicted molar refractivity (Wildman–Crippen MR) is 109 cm³/mol. The van der Waals surface area contributed by atoms with E-state index in [-0.39, 0.29) is 5.41 Å². The largest absolute Gasteiger partial charge is 0.293 e. The summed E-state index contributed by atoms with van der Waals surface area (Å²) in [6.45, 7) is 17.8. The van der Waals surface area contributed by atoms with Gasteiger partial charge in [-0.1, -0.05) is 47.5 Å². The molecule has 5 heteroatoms. The Bertz CT molecular complexity index is 507. The molecule has 150 valence electrons. The molecule has 0 spiro atoms. The molecule has 2 heterocycles. The van der Waals surface area contributed by atoms with Gasteiger partial charge >= 0.3 is 0 Å². The molecule has 3 aliphatic rings. The number of hydrogen-bond acceptors (Lipinski definition) is 5. The zero-order valence-corrected chi connectivity index (χ0v) is 17.9. The van der Waals surface area contributed by atoms with Crippen molar-refractivity contribution in [2.75, 3.05) is 19.6 Å². The minimum absolute atomic E-state index is 0.283. The van der Waals surface area contributed by atoms with Gasteiger partial charge < -0.3 is 0 Å². The second-order valence-electron chi connectivity index (χ2n) is 9.56. The van der Waals surface area contributed by atoms with E-state index in [9.17, 15) is 0 Å². The maximum absolute atomic E-state index is 4.75. The zero-order valence-electron chi connectivity index (χ0n) is 17.9. The van der Waals surface area contributed by atoms with Crippen LogP contribution in [0.4, 0.5) is 0 Å². The maximum Gasteiger partial charge on any atom is 0.160 e. The minimum Gasteiger partial charge on any atom is -0.293 e. The van der Waals surface area contributed by atoms with Crippen LogP contribution in [-0.2, 0) is 0 Å². The average molecular weight is 364 g/mol. The topological polar surface area (TPSA) is 42.9 Å². The number of piperidine rings is 1. The van der Waals surface area contributed by atoms with E-state index in [1.165, 1.54) is 51.0 Å². The number of likely N-dealkylation sites (N-methyl/N-ethyl adjacent to an activating group) is 1. The molecule has 1 saturated carbocycles. The second kappa shape index (κ2) is 8.05. The summed E-state index contributed by atoms with van der Waals surface area (Å²) in [6.07, 6.45) is 6.59. The lowest BCUT2D eigenvalue weighted by atomic mass is 9.60. The van der Waals surface area contributed by atoms with Crippen LogP contribution in [0.1, 0.15) is 73.6 Å². The number of rotatable bonds is 5. The van der Waals surface area contributed by atoms with Crippen molar-refractivity contribution >= 4 is 5.84 Å². The number of hydrazone groups is 1. The van der Waals surface area contributed by atoms with Crippen molar-refractivity contribution in [1.82, 2.24) is 21.0 Å². The molecule has 0 aromatic rings. The fraction of sp³-hybridized carbons (Fsp3) is 0.952. The van der Waals surface area contributed by atoms with Crippen LogP contribution in [0.25, 0.3) is 0 Å². The van der Waals surface area contributed by atoms with E-state index in [0.29, 0.717) is 6.04 Å². The fourth-order valence-electron chi connectivity index (χ4n) is 5.73. The summed E-state index contributed by atoms with van der Waals surface area (Å²) in [7, 11) is 0. The van der Waals surface area contributed by atoms with Gasteiger partial charge in [-0.3, -0.25) is 9.91 Å². The van der Waals surface area contributed by atoms with Crippen molar-refractivity contribution in [1.29, 1.82) is 0 Å². The summed E-state index contributed by atoms with van der Waals surface area (Å²) in [5, 5.41) is 6.97. The normalized spacial score (nSPS) is 40.2. The first-order chi connectivity index (χ1) is 12.4. The molecule has 1 aliphatic carbocycles. The molecule has 6 atom stereocenters. The molecule has 2 N–H and O–H groups in total. The smallest absolute Gasteiger partial charge is 0.160 e. The summed E-state index contributed by atoms with van der Waals surface area (Å²) < 4.78 is 0. The molecule has 26 heavy (non-hydrogen) atoms. The highest BCUT2D eigenvalue weighted by Crippen LogP contribution is 2.48. The molecule has 0 aromatic carbocycles. The number of likely N-dealkylation sites (tertiary alicyclic amines) is 1. The van der Waals surface area contributed by atoms with E-state index in [2.05, 4.69) is 62.5 Å². The molecular weight excluding hydrogens is 322 g/mol. The molecule has 0 aromatic heterocycles. The lowest BCUT2D eigenvalue weighted by Crippen LogP contribution is -2.62. The van der Waals surface area contributed by atoms with Gasteiger partial charge in [0.05, 0.1) is 6.04 Å². The zero-order chi connectivity index (χ0) is 18.9.